The Morgan fingerprint density at radius 1 is 0.958 bits per heavy atom. The minimum atomic E-state index is -0.0336. The highest BCUT2D eigenvalue weighted by atomic mass is 16.2. The zero-order valence-corrected chi connectivity index (χ0v) is 15.4. The number of amides is 2. The van der Waals surface area contributed by atoms with Crippen molar-refractivity contribution in [1.82, 2.24) is 10.6 Å². The first-order valence-electron chi connectivity index (χ1n) is 8.66. The molecule has 3 N–H and O–H groups in total. The molecule has 0 aromatic heterocycles. The van der Waals surface area contributed by atoms with Crippen LogP contribution < -0.4 is 16.0 Å². The molecule has 24 heavy (non-hydrogen) atoms. The number of hydrogen-bond acceptors (Lipinski definition) is 3. The van der Waals surface area contributed by atoms with E-state index in [1.807, 2.05) is 45.0 Å². The fourth-order valence-corrected chi connectivity index (χ4v) is 2.23. The minimum Gasteiger partial charge on any atom is -0.355 e. The number of benzene rings is 1. The molecule has 0 fully saturated rings. The van der Waals surface area contributed by atoms with Gasteiger partial charge in [0.2, 0.25) is 11.8 Å². The summed E-state index contributed by atoms with van der Waals surface area (Å²) in [7, 11) is 0. The van der Waals surface area contributed by atoms with E-state index in [4.69, 9.17) is 0 Å². The van der Waals surface area contributed by atoms with E-state index >= 15 is 0 Å². The molecule has 1 aromatic rings. The van der Waals surface area contributed by atoms with Crippen LogP contribution in [0.1, 0.15) is 46.1 Å². The number of anilines is 1. The normalized spacial score (nSPS) is 11.2. The Labute approximate surface area is 145 Å². The highest BCUT2D eigenvalue weighted by Crippen LogP contribution is 2.19. The van der Waals surface area contributed by atoms with E-state index in [2.05, 4.69) is 22.9 Å². The smallest absolute Gasteiger partial charge is 0.224 e. The number of rotatable bonds is 9. The van der Waals surface area contributed by atoms with Crippen molar-refractivity contribution in [2.24, 2.45) is 5.41 Å². The third kappa shape index (κ3) is 9.30. The molecule has 1 rings (SSSR count). The van der Waals surface area contributed by atoms with Gasteiger partial charge in [0, 0.05) is 25.2 Å². The second kappa shape index (κ2) is 10.1. The van der Waals surface area contributed by atoms with Crippen LogP contribution in [-0.4, -0.2) is 31.4 Å². The third-order valence-corrected chi connectivity index (χ3v) is 3.34. The van der Waals surface area contributed by atoms with Crippen molar-refractivity contribution in [1.29, 1.82) is 0 Å². The summed E-state index contributed by atoms with van der Waals surface area (Å²) in [6.07, 6.45) is 1.92. The van der Waals surface area contributed by atoms with Crippen LogP contribution in [0.4, 0.5) is 5.69 Å². The van der Waals surface area contributed by atoms with Crippen LogP contribution in [0.3, 0.4) is 0 Å². The van der Waals surface area contributed by atoms with Crippen LogP contribution in [0.5, 0.6) is 0 Å². The van der Waals surface area contributed by atoms with Gasteiger partial charge >= 0.3 is 0 Å². The molecule has 2 amide bonds. The molecule has 0 aliphatic rings. The number of carbonyl (C=O) groups is 2. The zero-order valence-electron chi connectivity index (χ0n) is 15.4. The van der Waals surface area contributed by atoms with E-state index in [-0.39, 0.29) is 17.2 Å². The minimum absolute atomic E-state index is 0.00701. The molecule has 0 bridgehead atoms. The Hall–Kier alpha value is -1.88. The molecule has 0 spiro atoms. The summed E-state index contributed by atoms with van der Waals surface area (Å²) in [5, 5.41) is 9.02. The van der Waals surface area contributed by atoms with E-state index in [9.17, 15) is 9.59 Å². The summed E-state index contributed by atoms with van der Waals surface area (Å²) in [5.41, 5.74) is 1.66. The van der Waals surface area contributed by atoms with Gasteiger partial charge in [-0.15, -0.1) is 0 Å². The van der Waals surface area contributed by atoms with E-state index in [0.29, 0.717) is 19.4 Å². The first kappa shape index (κ1) is 20.2. The summed E-state index contributed by atoms with van der Waals surface area (Å²) in [5.74, 6) is 0.0189. The maximum absolute atomic E-state index is 11.9. The van der Waals surface area contributed by atoms with Crippen LogP contribution in [0.2, 0.25) is 0 Å². The molecule has 0 aliphatic heterocycles. The Bertz CT molecular complexity index is 518. The van der Waals surface area contributed by atoms with Crippen LogP contribution in [0, 0.1) is 5.41 Å². The molecule has 0 radical (unpaired) electrons. The molecule has 5 heteroatoms. The predicted molar refractivity (Wildman–Crippen MR) is 99.0 cm³/mol. The SMILES string of the molecule is CCCNCCNC(=O)Cc1ccc(NC(=O)CC(C)(C)C)cc1. The fraction of sp³-hybridized carbons (Fsp3) is 0.579. The molecule has 0 saturated carbocycles. The quantitative estimate of drug-likeness (QED) is 0.609. The molecule has 5 nitrogen and oxygen atoms in total. The molecular weight excluding hydrogens is 302 g/mol. The standard InChI is InChI=1S/C19H31N3O2/c1-5-10-20-11-12-21-17(23)13-15-6-8-16(9-7-15)22-18(24)14-19(2,3)4/h6-9,20H,5,10-14H2,1-4H3,(H,21,23)(H,22,24). The van der Waals surface area contributed by atoms with Crippen molar-refractivity contribution >= 4 is 17.5 Å². The van der Waals surface area contributed by atoms with Crippen molar-refractivity contribution in [3.63, 3.8) is 0 Å². The largest absolute Gasteiger partial charge is 0.355 e. The van der Waals surface area contributed by atoms with Gasteiger partial charge in [0.25, 0.3) is 0 Å². The van der Waals surface area contributed by atoms with Gasteiger partial charge in [0.05, 0.1) is 6.42 Å². The van der Waals surface area contributed by atoms with Crippen molar-refractivity contribution < 1.29 is 9.59 Å². The molecule has 0 unspecified atom stereocenters. The zero-order chi connectivity index (χ0) is 18.0. The molecular formula is C19H31N3O2. The summed E-state index contributed by atoms with van der Waals surface area (Å²) in [6.45, 7) is 10.6. The lowest BCUT2D eigenvalue weighted by Gasteiger charge is -2.17. The number of hydrogen-bond donors (Lipinski definition) is 3. The highest BCUT2D eigenvalue weighted by molar-refractivity contribution is 5.91. The first-order chi connectivity index (χ1) is 11.3. The second-order valence-corrected chi connectivity index (χ2v) is 7.26. The van der Waals surface area contributed by atoms with Crippen LogP contribution in [-0.2, 0) is 16.0 Å². The maximum atomic E-state index is 11.9. The predicted octanol–water partition coefficient (Wildman–Crippen LogP) is 2.72. The molecule has 0 atom stereocenters. The van der Waals surface area contributed by atoms with Gasteiger partial charge < -0.3 is 16.0 Å². The monoisotopic (exact) mass is 333 g/mol. The topological polar surface area (TPSA) is 70.2 Å². The summed E-state index contributed by atoms with van der Waals surface area (Å²) >= 11 is 0. The van der Waals surface area contributed by atoms with E-state index in [0.717, 1.165) is 30.8 Å². The van der Waals surface area contributed by atoms with Gasteiger partial charge in [-0.3, -0.25) is 9.59 Å². The first-order valence-corrected chi connectivity index (χ1v) is 8.66. The summed E-state index contributed by atoms with van der Waals surface area (Å²) in [4.78, 5) is 23.8. The van der Waals surface area contributed by atoms with Crippen LogP contribution in [0.15, 0.2) is 24.3 Å². The molecule has 1 aromatic carbocycles. The lowest BCUT2D eigenvalue weighted by molar-refractivity contribution is -0.120. The van der Waals surface area contributed by atoms with Crippen LogP contribution >= 0.6 is 0 Å². The Balaban J connectivity index is 2.36. The van der Waals surface area contributed by atoms with E-state index in [1.54, 1.807) is 0 Å². The van der Waals surface area contributed by atoms with Gasteiger partial charge in [-0.1, -0.05) is 39.8 Å². The Morgan fingerprint density at radius 2 is 1.62 bits per heavy atom. The maximum Gasteiger partial charge on any atom is 0.224 e. The third-order valence-electron chi connectivity index (χ3n) is 3.34. The molecule has 0 heterocycles. The second-order valence-electron chi connectivity index (χ2n) is 7.26. The van der Waals surface area contributed by atoms with Crippen molar-refractivity contribution in [3.8, 4) is 0 Å². The fourth-order valence-electron chi connectivity index (χ4n) is 2.23. The van der Waals surface area contributed by atoms with Gasteiger partial charge in [-0.2, -0.15) is 0 Å². The summed E-state index contributed by atoms with van der Waals surface area (Å²) in [6, 6.07) is 7.43. The molecule has 134 valence electrons. The van der Waals surface area contributed by atoms with Crippen molar-refractivity contribution in [2.45, 2.75) is 47.0 Å². The Kier molecular flexibility index (Phi) is 8.47. The van der Waals surface area contributed by atoms with E-state index in [1.165, 1.54) is 0 Å². The van der Waals surface area contributed by atoms with Gasteiger partial charge in [-0.25, -0.2) is 0 Å². The summed E-state index contributed by atoms with van der Waals surface area (Å²) < 4.78 is 0. The molecule has 0 aliphatic carbocycles. The Morgan fingerprint density at radius 3 is 2.21 bits per heavy atom. The van der Waals surface area contributed by atoms with Gasteiger partial charge in [0.1, 0.15) is 0 Å². The van der Waals surface area contributed by atoms with Gasteiger partial charge in [0.15, 0.2) is 0 Å². The van der Waals surface area contributed by atoms with Gasteiger partial charge in [-0.05, 0) is 36.1 Å². The average Bonchev–Trinajstić information content (AvgIpc) is 2.47. The number of carbonyl (C=O) groups excluding carboxylic acids is 2. The number of nitrogens with one attached hydrogen (secondary N) is 3. The molecule has 0 saturated heterocycles. The lowest BCUT2D eigenvalue weighted by atomic mass is 9.92. The van der Waals surface area contributed by atoms with E-state index < -0.39 is 0 Å². The van der Waals surface area contributed by atoms with Crippen LogP contribution in [0.25, 0.3) is 0 Å². The lowest BCUT2D eigenvalue weighted by Crippen LogP contribution is -2.32. The van der Waals surface area contributed by atoms with Crippen molar-refractivity contribution in [3.05, 3.63) is 29.8 Å². The average molecular weight is 333 g/mol. The highest BCUT2D eigenvalue weighted by Gasteiger charge is 2.15. The van der Waals surface area contributed by atoms with Crippen molar-refractivity contribution in [2.75, 3.05) is 25.0 Å².